The summed E-state index contributed by atoms with van der Waals surface area (Å²) in [4.78, 5) is 76.4. The van der Waals surface area contributed by atoms with Crippen molar-refractivity contribution in [3.8, 4) is 0 Å². The number of carbonyl (C=O) groups is 3. The maximum Gasteiger partial charge on any atom is 0.448 e. The van der Waals surface area contributed by atoms with E-state index in [0.717, 1.165) is 16.5 Å². The van der Waals surface area contributed by atoms with Crippen LogP contribution in [0.2, 0.25) is 0 Å². The summed E-state index contributed by atoms with van der Waals surface area (Å²) in [7, 11) is 0. The van der Waals surface area contributed by atoms with Gasteiger partial charge in [0.05, 0.1) is 5.56 Å². The Kier molecular flexibility index (Phi) is 7.72. The Balaban J connectivity index is 1.30. The van der Waals surface area contributed by atoms with Crippen LogP contribution < -0.4 is 38.3 Å². The van der Waals surface area contributed by atoms with Crippen LogP contribution in [0.15, 0.2) is 61.4 Å². The predicted octanol–water partition coefficient (Wildman–Crippen LogP) is 0.479. The Bertz CT molecular complexity index is 2110. The normalized spacial score (nSPS) is 11.0. The molecular formula is C28H22FN7O8. The van der Waals surface area contributed by atoms with Crippen LogP contribution in [0, 0.1) is 12.7 Å². The largest absolute Gasteiger partial charge is 0.478 e. The van der Waals surface area contributed by atoms with Gasteiger partial charge >= 0.3 is 11.7 Å². The van der Waals surface area contributed by atoms with Crippen LogP contribution >= 0.6 is 0 Å². The SMILES string of the molecule is Cc1cc(CNC(=O)c2cc(C(=O)NCc3ccc(F)c(CNc4c(N)c(=O)c4=O)c3)nc3noc(=O)n23)ccc1C(=O)O. The number of aryl methyl sites for hydroxylation is 1. The number of carboxylic acid groups (broad SMARTS) is 1. The molecule has 3 aromatic carbocycles. The lowest BCUT2D eigenvalue weighted by Gasteiger charge is -2.12. The molecular weight excluding hydrogens is 581 g/mol. The Morgan fingerprint density at radius 3 is 2.32 bits per heavy atom. The summed E-state index contributed by atoms with van der Waals surface area (Å²) < 4.78 is 19.7. The van der Waals surface area contributed by atoms with E-state index in [1.54, 1.807) is 13.0 Å². The van der Waals surface area contributed by atoms with E-state index in [-0.39, 0.29) is 59.3 Å². The van der Waals surface area contributed by atoms with Crippen LogP contribution in [0.1, 0.15) is 53.6 Å². The smallest absolute Gasteiger partial charge is 0.448 e. The van der Waals surface area contributed by atoms with Crippen molar-refractivity contribution in [2.24, 2.45) is 0 Å². The summed E-state index contributed by atoms with van der Waals surface area (Å²) in [6, 6.07) is 9.61. The maximum absolute atomic E-state index is 14.3. The Morgan fingerprint density at radius 2 is 1.64 bits per heavy atom. The van der Waals surface area contributed by atoms with Crippen LogP contribution in [-0.4, -0.2) is 37.4 Å². The Morgan fingerprint density at radius 1 is 0.955 bits per heavy atom. The molecule has 44 heavy (non-hydrogen) atoms. The molecule has 0 aliphatic rings. The highest BCUT2D eigenvalue weighted by Gasteiger charge is 2.21. The second kappa shape index (κ2) is 11.6. The summed E-state index contributed by atoms with van der Waals surface area (Å²) in [6.07, 6.45) is 0. The zero-order valence-electron chi connectivity index (χ0n) is 22.8. The van der Waals surface area contributed by atoms with Gasteiger partial charge in [-0.15, -0.1) is 0 Å². The van der Waals surface area contributed by atoms with Gasteiger partial charge in [0, 0.05) is 25.2 Å². The number of carboxylic acids is 1. The number of nitrogens with one attached hydrogen (secondary N) is 3. The molecule has 5 rings (SSSR count). The van der Waals surface area contributed by atoms with Crippen molar-refractivity contribution in [2.45, 2.75) is 26.6 Å². The predicted molar refractivity (Wildman–Crippen MR) is 151 cm³/mol. The van der Waals surface area contributed by atoms with Gasteiger partial charge in [0.1, 0.15) is 28.6 Å². The maximum atomic E-state index is 14.3. The number of halogens is 1. The first-order valence-electron chi connectivity index (χ1n) is 12.8. The molecule has 5 aromatic rings. The number of anilines is 2. The number of benzene rings is 2. The first-order chi connectivity index (χ1) is 20.9. The lowest BCUT2D eigenvalue weighted by Crippen LogP contribution is -2.37. The van der Waals surface area contributed by atoms with Gasteiger partial charge in [-0.25, -0.2) is 23.4 Å². The molecule has 2 amide bonds. The minimum atomic E-state index is -1.09. The molecule has 0 aliphatic carbocycles. The van der Waals surface area contributed by atoms with E-state index in [4.69, 9.17) is 5.73 Å². The second-order valence-corrected chi connectivity index (χ2v) is 9.66. The van der Waals surface area contributed by atoms with Crippen LogP contribution in [0.4, 0.5) is 15.8 Å². The van der Waals surface area contributed by atoms with E-state index in [1.165, 1.54) is 24.3 Å². The average molecular weight is 604 g/mol. The summed E-state index contributed by atoms with van der Waals surface area (Å²) in [6.45, 7) is 1.34. The molecule has 0 radical (unpaired) electrons. The number of carbonyl (C=O) groups excluding carboxylic acids is 2. The molecule has 16 heteroatoms. The van der Waals surface area contributed by atoms with Crippen LogP contribution in [0.3, 0.4) is 0 Å². The van der Waals surface area contributed by atoms with Crippen molar-refractivity contribution in [1.29, 1.82) is 0 Å². The van der Waals surface area contributed by atoms with E-state index in [2.05, 4.69) is 30.6 Å². The third kappa shape index (κ3) is 5.63. The molecule has 0 bridgehead atoms. The van der Waals surface area contributed by atoms with E-state index in [1.807, 2.05) is 0 Å². The molecule has 0 fully saturated rings. The van der Waals surface area contributed by atoms with Gasteiger partial charge in [-0.3, -0.25) is 23.7 Å². The van der Waals surface area contributed by atoms with E-state index in [0.29, 0.717) is 16.7 Å². The summed E-state index contributed by atoms with van der Waals surface area (Å²) in [5.74, 6) is -4.56. The van der Waals surface area contributed by atoms with E-state index in [9.17, 15) is 38.3 Å². The van der Waals surface area contributed by atoms with Gasteiger partial charge in [-0.05, 0) is 53.0 Å². The molecule has 224 valence electrons. The molecule has 15 nitrogen and oxygen atoms in total. The van der Waals surface area contributed by atoms with Gasteiger partial charge in [0.2, 0.25) is 0 Å². The number of aromatic carboxylic acids is 1. The van der Waals surface area contributed by atoms with Crippen molar-refractivity contribution in [3.05, 3.63) is 118 Å². The van der Waals surface area contributed by atoms with Crippen molar-refractivity contribution in [2.75, 3.05) is 11.1 Å². The fourth-order valence-corrected chi connectivity index (χ4v) is 4.40. The highest BCUT2D eigenvalue weighted by Crippen LogP contribution is 2.16. The molecule has 0 aliphatic heterocycles. The van der Waals surface area contributed by atoms with Crippen LogP contribution in [0.25, 0.3) is 5.78 Å². The summed E-state index contributed by atoms with van der Waals surface area (Å²) in [5.41, 5.74) is 4.79. The lowest BCUT2D eigenvalue weighted by molar-refractivity contribution is 0.0695. The fourth-order valence-electron chi connectivity index (χ4n) is 4.40. The fraction of sp³-hybridized carbons (Fsp3) is 0.143. The minimum Gasteiger partial charge on any atom is -0.478 e. The molecule has 0 saturated heterocycles. The third-order valence-electron chi connectivity index (χ3n) is 6.73. The van der Waals surface area contributed by atoms with Gasteiger partial charge in [-0.1, -0.05) is 18.2 Å². The number of aromatic nitrogens is 3. The first-order valence-corrected chi connectivity index (χ1v) is 12.8. The highest BCUT2D eigenvalue weighted by molar-refractivity contribution is 5.98. The number of rotatable bonds is 10. The molecule has 0 spiro atoms. The van der Waals surface area contributed by atoms with Gasteiger partial charge in [0.15, 0.2) is 0 Å². The zero-order chi connectivity index (χ0) is 31.7. The Labute approximate surface area is 244 Å². The van der Waals surface area contributed by atoms with Gasteiger partial charge < -0.3 is 26.8 Å². The highest BCUT2D eigenvalue weighted by atomic mass is 19.1. The topological polar surface area (TPSA) is 228 Å². The summed E-state index contributed by atoms with van der Waals surface area (Å²) in [5, 5.41) is 20.5. The molecule has 0 atom stereocenters. The van der Waals surface area contributed by atoms with Crippen molar-refractivity contribution in [3.63, 3.8) is 0 Å². The monoisotopic (exact) mass is 603 g/mol. The molecule has 2 heterocycles. The number of nitrogens with two attached hydrogens (primary N) is 1. The standard InChI is InChI=1S/C28H22FN7O8/c1-12-6-13(2-4-16(12)26(41)42)9-33-25(40)19-8-18(34-27-35-44-28(43)36(19)27)24(39)32-10-14-3-5-17(29)15(7-14)11-31-21-20(30)22(37)23(21)38/h2-8,31H,9-11,30H2,1H3,(H,32,39)(H,33,40)(H,41,42). The number of hydrogen-bond donors (Lipinski definition) is 5. The molecule has 0 saturated carbocycles. The Hall–Kier alpha value is -6.19. The average Bonchev–Trinajstić information content (AvgIpc) is 3.39. The molecule has 0 unspecified atom stereocenters. The van der Waals surface area contributed by atoms with Crippen molar-refractivity contribution in [1.82, 2.24) is 25.2 Å². The molecule has 2 aromatic heterocycles. The van der Waals surface area contributed by atoms with E-state index < -0.39 is 40.2 Å². The van der Waals surface area contributed by atoms with Crippen molar-refractivity contribution >= 4 is 34.9 Å². The van der Waals surface area contributed by atoms with Gasteiger partial charge in [0.25, 0.3) is 28.4 Å². The number of fused-ring (bicyclic) bond motifs is 1. The van der Waals surface area contributed by atoms with Crippen molar-refractivity contribution < 1.29 is 28.4 Å². The van der Waals surface area contributed by atoms with Gasteiger partial charge in [-0.2, -0.15) is 0 Å². The number of hydrogen-bond acceptors (Lipinski definition) is 11. The second-order valence-electron chi connectivity index (χ2n) is 9.66. The number of nitrogens with zero attached hydrogens (tertiary/aromatic N) is 3. The third-order valence-corrected chi connectivity index (χ3v) is 6.73. The molecule has 6 N–H and O–H groups in total. The van der Waals surface area contributed by atoms with E-state index >= 15 is 0 Å². The quantitative estimate of drug-likeness (QED) is 0.137. The number of nitrogen functional groups attached to an aromatic ring is 1. The first kappa shape index (κ1) is 29.3. The zero-order valence-corrected chi connectivity index (χ0v) is 22.8. The van der Waals surface area contributed by atoms with Crippen LogP contribution in [-0.2, 0) is 19.6 Å². The summed E-state index contributed by atoms with van der Waals surface area (Å²) >= 11 is 0. The van der Waals surface area contributed by atoms with Crippen LogP contribution in [0.5, 0.6) is 0 Å². The lowest BCUT2D eigenvalue weighted by atomic mass is 10.1. The minimum absolute atomic E-state index is 0.0267. The number of amides is 2.